The van der Waals surface area contributed by atoms with E-state index >= 15 is 0 Å². The van der Waals surface area contributed by atoms with Gasteiger partial charge in [0.2, 0.25) is 0 Å². The third kappa shape index (κ3) is 2.79. The average Bonchev–Trinajstić information content (AvgIpc) is 2.90. The molecule has 2 aromatic heterocycles. The fraction of sp³-hybridized carbons (Fsp3) is 0.154. The molecule has 2 heterocycles. The molecule has 0 spiro atoms. The van der Waals surface area contributed by atoms with Gasteiger partial charge in [0.15, 0.2) is 0 Å². The summed E-state index contributed by atoms with van der Waals surface area (Å²) < 4.78 is 0. The summed E-state index contributed by atoms with van der Waals surface area (Å²) in [7, 11) is 0. The number of hydrogen-bond acceptors (Lipinski definition) is 7. The number of nitro benzene ring substituents is 1. The Morgan fingerprint density at radius 1 is 1.33 bits per heavy atom. The fourth-order valence-corrected chi connectivity index (χ4v) is 2.67. The number of benzene rings is 1. The minimum absolute atomic E-state index is 0.0189. The van der Waals surface area contributed by atoms with Gasteiger partial charge in [-0.15, -0.1) is 11.3 Å². The van der Waals surface area contributed by atoms with Gasteiger partial charge in [-0.3, -0.25) is 10.1 Å². The van der Waals surface area contributed by atoms with E-state index < -0.39 is 4.92 Å². The first-order valence-corrected chi connectivity index (χ1v) is 6.99. The molecule has 1 aromatic carbocycles. The zero-order valence-corrected chi connectivity index (χ0v) is 11.9. The maximum absolute atomic E-state index is 10.9. The lowest BCUT2D eigenvalue weighted by molar-refractivity contribution is -0.384. The summed E-state index contributed by atoms with van der Waals surface area (Å²) in [5.74, 6) is 0.566. The highest BCUT2D eigenvalue weighted by Crippen LogP contribution is 2.24. The number of hydrogen-bond donors (Lipinski definition) is 1. The number of anilines is 1. The molecule has 8 heteroatoms. The van der Waals surface area contributed by atoms with Crippen molar-refractivity contribution in [3.05, 3.63) is 50.7 Å². The van der Waals surface area contributed by atoms with Crippen molar-refractivity contribution < 1.29 is 4.92 Å². The molecule has 0 aliphatic carbocycles. The molecule has 7 nitrogen and oxygen atoms in total. The Bertz CT molecular complexity index is 817. The summed E-state index contributed by atoms with van der Waals surface area (Å²) in [6.07, 6.45) is 3.24. The van der Waals surface area contributed by atoms with Crippen molar-refractivity contribution in [3.63, 3.8) is 0 Å². The highest BCUT2D eigenvalue weighted by Gasteiger charge is 2.10. The number of fused-ring (bicyclic) bond motifs is 1. The smallest absolute Gasteiger partial charge is 0.270 e. The van der Waals surface area contributed by atoms with Gasteiger partial charge in [-0.1, -0.05) is 0 Å². The SMILES string of the molecule is Cc1cnc(CNc2ncnc3ccc([N+](=O)[O-])cc23)s1. The Labute approximate surface area is 123 Å². The van der Waals surface area contributed by atoms with Gasteiger partial charge in [-0.25, -0.2) is 15.0 Å². The molecule has 0 atom stereocenters. The van der Waals surface area contributed by atoms with Crippen LogP contribution in [0.15, 0.2) is 30.7 Å². The first-order chi connectivity index (χ1) is 10.1. The van der Waals surface area contributed by atoms with Crippen LogP contribution in [0.4, 0.5) is 11.5 Å². The molecule has 3 aromatic rings. The van der Waals surface area contributed by atoms with Gasteiger partial charge in [0.25, 0.3) is 5.69 Å². The van der Waals surface area contributed by atoms with Crippen LogP contribution in [-0.2, 0) is 6.54 Å². The number of rotatable bonds is 4. The highest BCUT2D eigenvalue weighted by molar-refractivity contribution is 7.11. The van der Waals surface area contributed by atoms with E-state index in [1.54, 1.807) is 17.4 Å². The van der Waals surface area contributed by atoms with Crippen LogP contribution in [-0.4, -0.2) is 19.9 Å². The monoisotopic (exact) mass is 301 g/mol. The van der Waals surface area contributed by atoms with Crippen molar-refractivity contribution in [2.24, 2.45) is 0 Å². The normalized spacial score (nSPS) is 10.7. The number of nitrogens with zero attached hydrogens (tertiary/aromatic N) is 4. The maximum atomic E-state index is 10.9. The Kier molecular flexibility index (Phi) is 3.44. The van der Waals surface area contributed by atoms with E-state index in [2.05, 4.69) is 20.3 Å². The number of aromatic nitrogens is 3. The van der Waals surface area contributed by atoms with Crippen molar-refractivity contribution in [3.8, 4) is 0 Å². The molecule has 0 aliphatic heterocycles. The molecule has 0 saturated carbocycles. The number of nitro groups is 1. The molecule has 0 radical (unpaired) electrons. The molecule has 21 heavy (non-hydrogen) atoms. The van der Waals surface area contributed by atoms with Crippen molar-refractivity contribution in [1.29, 1.82) is 0 Å². The quantitative estimate of drug-likeness (QED) is 0.588. The summed E-state index contributed by atoms with van der Waals surface area (Å²) in [6.45, 7) is 2.51. The summed E-state index contributed by atoms with van der Waals surface area (Å²) in [5, 5.41) is 15.6. The van der Waals surface area contributed by atoms with E-state index in [4.69, 9.17) is 0 Å². The molecule has 1 N–H and O–H groups in total. The predicted molar refractivity (Wildman–Crippen MR) is 80.4 cm³/mol. The largest absolute Gasteiger partial charge is 0.363 e. The molecule has 0 amide bonds. The van der Waals surface area contributed by atoms with Crippen LogP contribution in [0.3, 0.4) is 0 Å². The summed E-state index contributed by atoms with van der Waals surface area (Å²) in [4.78, 5) is 24.1. The second-order valence-corrected chi connectivity index (χ2v) is 5.72. The number of non-ortho nitro benzene ring substituents is 1. The van der Waals surface area contributed by atoms with Crippen LogP contribution in [0.25, 0.3) is 10.9 Å². The Hall–Kier alpha value is -2.61. The van der Waals surface area contributed by atoms with Gasteiger partial charge in [0.05, 0.1) is 17.0 Å². The molecular weight excluding hydrogens is 290 g/mol. The van der Waals surface area contributed by atoms with E-state index in [1.807, 2.05) is 13.1 Å². The molecule has 106 valence electrons. The van der Waals surface area contributed by atoms with E-state index in [0.29, 0.717) is 23.3 Å². The Morgan fingerprint density at radius 2 is 2.19 bits per heavy atom. The number of thiazole rings is 1. The Morgan fingerprint density at radius 3 is 2.90 bits per heavy atom. The van der Waals surface area contributed by atoms with E-state index in [9.17, 15) is 10.1 Å². The fourth-order valence-electron chi connectivity index (χ4n) is 1.94. The molecule has 0 bridgehead atoms. The lowest BCUT2D eigenvalue weighted by Gasteiger charge is -2.06. The van der Waals surface area contributed by atoms with E-state index in [0.717, 1.165) is 9.88 Å². The summed E-state index contributed by atoms with van der Waals surface area (Å²) in [5.41, 5.74) is 0.680. The van der Waals surface area contributed by atoms with Gasteiger partial charge >= 0.3 is 0 Å². The summed E-state index contributed by atoms with van der Waals surface area (Å²) in [6, 6.07) is 4.53. The molecule has 0 saturated heterocycles. The zero-order chi connectivity index (χ0) is 14.8. The van der Waals surface area contributed by atoms with Crippen LogP contribution < -0.4 is 5.32 Å². The van der Waals surface area contributed by atoms with Crippen molar-refractivity contribution in [1.82, 2.24) is 15.0 Å². The lowest BCUT2D eigenvalue weighted by atomic mass is 10.2. The van der Waals surface area contributed by atoms with Crippen molar-refractivity contribution in [2.75, 3.05) is 5.32 Å². The standard InChI is InChI=1S/C13H11N5O2S/c1-8-5-14-12(21-8)6-15-13-10-4-9(18(19)20)2-3-11(10)16-7-17-13/h2-5,7H,6H2,1H3,(H,15,16,17). The predicted octanol–water partition coefficient (Wildman–Crippen LogP) is 2.92. The van der Waals surface area contributed by atoms with Crippen LogP contribution in [0, 0.1) is 17.0 Å². The topological polar surface area (TPSA) is 93.8 Å². The Balaban J connectivity index is 1.93. The second kappa shape index (κ2) is 5.41. The zero-order valence-electron chi connectivity index (χ0n) is 11.1. The number of nitrogens with one attached hydrogen (secondary N) is 1. The van der Waals surface area contributed by atoms with Gasteiger partial charge in [-0.05, 0) is 13.0 Å². The molecule has 0 fully saturated rings. The van der Waals surface area contributed by atoms with E-state index in [1.165, 1.54) is 18.5 Å². The molecule has 0 aliphatic rings. The average molecular weight is 301 g/mol. The lowest BCUT2D eigenvalue weighted by Crippen LogP contribution is -2.02. The first-order valence-electron chi connectivity index (χ1n) is 6.18. The third-order valence-corrected chi connectivity index (χ3v) is 3.82. The molecule has 0 unspecified atom stereocenters. The van der Waals surface area contributed by atoms with Gasteiger partial charge in [0.1, 0.15) is 17.2 Å². The second-order valence-electron chi connectivity index (χ2n) is 4.40. The maximum Gasteiger partial charge on any atom is 0.270 e. The van der Waals surface area contributed by atoms with Crippen LogP contribution in [0.2, 0.25) is 0 Å². The van der Waals surface area contributed by atoms with E-state index in [-0.39, 0.29) is 5.69 Å². The van der Waals surface area contributed by atoms with Crippen molar-refractivity contribution in [2.45, 2.75) is 13.5 Å². The van der Waals surface area contributed by atoms with Crippen LogP contribution in [0.1, 0.15) is 9.88 Å². The van der Waals surface area contributed by atoms with Gasteiger partial charge in [0, 0.05) is 28.6 Å². The van der Waals surface area contributed by atoms with Crippen LogP contribution in [0.5, 0.6) is 0 Å². The van der Waals surface area contributed by atoms with Gasteiger partial charge < -0.3 is 5.32 Å². The minimum Gasteiger partial charge on any atom is -0.363 e. The first kappa shape index (κ1) is 13.4. The van der Waals surface area contributed by atoms with Crippen molar-refractivity contribution >= 4 is 33.7 Å². The summed E-state index contributed by atoms with van der Waals surface area (Å²) >= 11 is 1.60. The third-order valence-electron chi connectivity index (χ3n) is 2.91. The highest BCUT2D eigenvalue weighted by atomic mass is 32.1. The number of aryl methyl sites for hydroxylation is 1. The molecule has 3 rings (SSSR count). The van der Waals surface area contributed by atoms with Gasteiger partial charge in [-0.2, -0.15) is 0 Å². The minimum atomic E-state index is -0.430. The molecular formula is C13H11N5O2S. The van der Waals surface area contributed by atoms with Crippen LogP contribution >= 0.6 is 11.3 Å².